The van der Waals surface area contributed by atoms with Crippen molar-refractivity contribution in [1.29, 1.82) is 0 Å². The second-order valence-corrected chi connectivity index (χ2v) is 7.40. The fourth-order valence-electron chi connectivity index (χ4n) is 3.42. The molecule has 0 bridgehead atoms. The minimum atomic E-state index is 0.00226. The molecule has 0 unspecified atom stereocenters. The van der Waals surface area contributed by atoms with Crippen LogP contribution in [0.15, 0.2) is 53.1 Å². The van der Waals surface area contributed by atoms with Crippen LogP contribution in [0.3, 0.4) is 0 Å². The summed E-state index contributed by atoms with van der Waals surface area (Å²) in [5.41, 5.74) is 4.32. The van der Waals surface area contributed by atoms with Crippen molar-refractivity contribution >= 4 is 11.6 Å². The van der Waals surface area contributed by atoms with Crippen molar-refractivity contribution in [1.82, 2.24) is 15.0 Å². The maximum absolute atomic E-state index is 12.3. The third kappa shape index (κ3) is 4.12. The van der Waals surface area contributed by atoms with Gasteiger partial charge in [0.05, 0.1) is 12.5 Å². The van der Waals surface area contributed by atoms with Gasteiger partial charge in [0.1, 0.15) is 0 Å². The number of carbonyl (C=O) groups is 1. The standard InChI is InChI=1S/C22H24N4O2/c1-15-7-6-10-19(16(15)2)23-21(27)14-26-12-18(13-26)22-24-20(25-28-22)11-17-8-4-3-5-9-17/h3-10,18H,11-14H2,1-2H3,(H,23,27). The molecule has 1 N–H and O–H groups in total. The lowest BCUT2D eigenvalue weighted by atomic mass is 10.00. The number of nitrogens with zero attached hydrogens (tertiary/aromatic N) is 3. The molecule has 144 valence electrons. The number of carbonyl (C=O) groups excluding carboxylic acids is 1. The lowest BCUT2D eigenvalue weighted by Crippen LogP contribution is -2.48. The highest BCUT2D eigenvalue weighted by Gasteiger charge is 2.33. The van der Waals surface area contributed by atoms with Crippen LogP contribution in [0.2, 0.25) is 0 Å². The molecule has 0 aliphatic carbocycles. The summed E-state index contributed by atoms with van der Waals surface area (Å²) in [7, 11) is 0. The maximum atomic E-state index is 12.3. The molecule has 1 aliphatic rings. The summed E-state index contributed by atoms with van der Waals surface area (Å²) >= 11 is 0. The Morgan fingerprint density at radius 2 is 1.93 bits per heavy atom. The van der Waals surface area contributed by atoms with E-state index in [-0.39, 0.29) is 11.8 Å². The summed E-state index contributed by atoms with van der Waals surface area (Å²) in [6.07, 6.45) is 0.666. The van der Waals surface area contributed by atoms with Crippen molar-refractivity contribution in [2.45, 2.75) is 26.2 Å². The highest BCUT2D eigenvalue weighted by Crippen LogP contribution is 2.26. The maximum Gasteiger partial charge on any atom is 0.238 e. The molecule has 1 saturated heterocycles. The third-order valence-electron chi connectivity index (χ3n) is 5.24. The van der Waals surface area contributed by atoms with Gasteiger partial charge in [0.25, 0.3) is 0 Å². The summed E-state index contributed by atoms with van der Waals surface area (Å²) < 4.78 is 5.43. The van der Waals surface area contributed by atoms with Crippen LogP contribution in [0.4, 0.5) is 5.69 Å². The lowest BCUT2D eigenvalue weighted by Gasteiger charge is -2.36. The van der Waals surface area contributed by atoms with Gasteiger partial charge in [-0.05, 0) is 36.6 Å². The van der Waals surface area contributed by atoms with Gasteiger partial charge in [-0.3, -0.25) is 9.69 Å². The van der Waals surface area contributed by atoms with Crippen LogP contribution in [0, 0.1) is 13.8 Å². The van der Waals surface area contributed by atoms with E-state index in [1.165, 1.54) is 5.56 Å². The monoisotopic (exact) mass is 376 g/mol. The first-order valence-electron chi connectivity index (χ1n) is 9.53. The predicted octanol–water partition coefficient (Wildman–Crippen LogP) is 3.32. The molecule has 6 nitrogen and oxygen atoms in total. The fraction of sp³-hybridized carbons (Fsp3) is 0.318. The van der Waals surface area contributed by atoms with Crippen LogP contribution in [0.1, 0.15) is 34.3 Å². The van der Waals surface area contributed by atoms with Gasteiger partial charge in [0.15, 0.2) is 5.82 Å². The molecule has 0 spiro atoms. The molecule has 6 heteroatoms. The van der Waals surface area contributed by atoms with E-state index in [1.807, 2.05) is 50.2 Å². The molecule has 2 heterocycles. The summed E-state index contributed by atoms with van der Waals surface area (Å²) in [6.45, 7) is 5.95. The third-order valence-corrected chi connectivity index (χ3v) is 5.24. The van der Waals surface area contributed by atoms with Gasteiger partial charge in [-0.25, -0.2) is 0 Å². The molecule has 2 aromatic carbocycles. The number of aromatic nitrogens is 2. The smallest absolute Gasteiger partial charge is 0.238 e. The number of benzene rings is 2. The summed E-state index contributed by atoms with van der Waals surface area (Å²) in [4.78, 5) is 18.9. The van der Waals surface area contributed by atoms with Gasteiger partial charge in [-0.1, -0.05) is 47.6 Å². The van der Waals surface area contributed by atoms with E-state index in [9.17, 15) is 4.79 Å². The minimum absolute atomic E-state index is 0.00226. The van der Waals surface area contributed by atoms with Crippen LogP contribution >= 0.6 is 0 Å². The molecule has 0 atom stereocenters. The van der Waals surface area contributed by atoms with E-state index in [4.69, 9.17) is 4.52 Å². The van der Waals surface area contributed by atoms with Crippen molar-refractivity contribution in [3.05, 3.63) is 76.9 Å². The van der Waals surface area contributed by atoms with Gasteiger partial charge < -0.3 is 9.84 Å². The first kappa shape index (κ1) is 18.4. The zero-order valence-electron chi connectivity index (χ0n) is 16.2. The van der Waals surface area contributed by atoms with Crippen molar-refractivity contribution in [2.75, 3.05) is 25.0 Å². The number of amides is 1. The number of aryl methyl sites for hydroxylation is 1. The summed E-state index contributed by atoms with van der Waals surface area (Å²) in [5, 5.41) is 7.09. The van der Waals surface area contributed by atoms with E-state index in [1.54, 1.807) is 0 Å². The Morgan fingerprint density at radius 3 is 2.71 bits per heavy atom. The van der Waals surface area contributed by atoms with E-state index in [2.05, 4.69) is 32.5 Å². The van der Waals surface area contributed by atoms with Gasteiger partial charge in [-0.15, -0.1) is 0 Å². The minimum Gasteiger partial charge on any atom is -0.339 e. The average molecular weight is 376 g/mol. The molecule has 28 heavy (non-hydrogen) atoms. The second-order valence-electron chi connectivity index (χ2n) is 7.40. The fourth-order valence-corrected chi connectivity index (χ4v) is 3.42. The molecule has 4 rings (SSSR count). The first-order valence-corrected chi connectivity index (χ1v) is 9.53. The SMILES string of the molecule is Cc1cccc(NC(=O)CN2CC(c3nc(Cc4ccccc4)no3)C2)c1C. The molecule has 1 aliphatic heterocycles. The van der Waals surface area contributed by atoms with E-state index >= 15 is 0 Å². The van der Waals surface area contributed by atoms with Crippen LogP contribution in [-0.2, 0) is 11.2 Å². The largest absolute Gasteiger partial charge is 0.339 e. The van der Waals surface area contributed by atoms with Gasteiger partial charge in [0.2, 0.25) is 11.8 Å². The summed E-state index contributed by atoms with van der Waals surface area (Å²) in [6, 6.07) is 16.0. The van der Waals surface area contributed by atoms with E-state index < -0.39 is 0 Å². The summed E-state index contributed by atoms with van der Waals surface area (Å²) in [5.74, 6) is 1.57. The highest BCUT2D eigenvalue weighted by atomic mass is 16.5. The molecule has 1 amide bonds. The van der Waals surface area contributed by atoms with Crippen LogP contribution < -0.4 is 5.32 Å². The number of nitrogens with one attached hydrogen (secondary N) is 1. The van der Waals surface area contributed by atoms with Crippen molar-refractivity contribution in [3.63, 3.8) is 0 Å². The zero-order valence-corrected chi connectivity index (χ0v) is 16.2. The Bertz CT molecular complexity index is 962. The Labute approximate surface area is 164 Å². The van der Waals surface area contributed by atoms with Gasteiger partial charge >= 0.3 is 0 Å². The average Bonchev–Trinajstić information content (AvgIpc) is 3.10. The molecule has 3 aromatic rings. The Hall–Kier alpha value is -2.99. The zero-order chi connectivity index (χ0) is 19.5. The molecular formula is C22H24N4O2. The van der Waals surface area contributed by atoms with Crippen LogP contribution in [0.25, 0.3) is 0 Å². The predicted molar refractivity (Wildman–Crippen MR) is 107 cm³/mol. The first-order chi connectivity index (χ1) is 13.6. The Balaban J connectivity index is 1.27. The van der Waals surface area contributed by atoms with Gasteiger partial charge in [0, 0.05) is 25.2 Å². The number of hydrogen-bond donors (Lipinski definition) is 1. The van der Waals surface area contributed by atoms with Crippen molar-refractivity contribution in [3.8, 4) is 0 Å². The number of hydrogen-bond acceptors (Lipinski definition) is 5. The quantitative estimate of drug-likeness (QED) is 0.715. The van der Waals surface area contributed by atoms with Gasteiger partial charge in [-0.2, -0.15) is 4.98 Å². The van der Waals surface area contributed by atoms with E-state index in [0.717, 1.165) is 29.9 Å². The topological polar surface area (TPSA) is 71.3 Å². The molecule has 1 aromatic heterocycles. The van der Waals surface area contributed by atoms with Crippen LogP contribution in [0.5, 0.6) is 0 Å². The van der Waals surface area contributed by atoms with Crippen molar-refractivity contribution < 1.29 is 9.32 Å². The normalized spacial score (nSPS) is 14.6. The Morgan fingerprint density at radius 1 is 1.14 bits per heavy atom. The number of likely N-dealkylation sites (tertiary alicyclic amines) is 1. The molecule has 0 radical (unpaired) electrons. The number of anilines is 1. The number of rotatable bonds is 6. The molecule has 1 fully saturated rings. The molecular weight excluding hydrogens is 352 g/mol. The highest BCUT2D eigenvalue weighted by molar-refractivity contribution is 5.93. The second kappa shape index (κ2) is 7.94. The lowest BCUT2D eigenvalue weighted by molar-refractivity contribution is -0.118. The van der Waals surface area contributed by atoms with E-state index in [0.29, 0.717) is 24.7 Å². The Kier molecular flexibility index (Phi) is 5.21. The van der Waals surface area contributed by atoms with Crippen LogP contribution in [-0.4, -0.2) is 40.6 Å². The van der Waals surface area contributed by atoms with Crippen molar-refractivity contribution in [2.24, 2.45) is 0 Å². The molecule has 0 saturated carbocycles.